The van der Waals surface area contributed by atoms with Crippen LogP contribution in [0.1, 0.15) is 118 Å². The van der Waals surface area contributed by atoms with Crippen molar-refractivity contribution in [2.24, 2.45) is 0 Å². The minimum absolute atomic E-state index is 0. The van der Waals surface area contributed by atoms with E-state index in [9.17, 15) is 9.59 Å². The Morgan fingerprint density at radius 2 is 0.722 bits per heavy atom. The number of ether oxygens (including phenoxy) is 4. The second-order valence-electron chi connectivity index (χ2n) is 16.7. The minimum Gasteiger partial charge on any atom is -0.488 e. The number of nitrogens with one attached hydrogen (secondary N) is 2. The Morgan fingerprint density at radius 1 is 0.426 bits per heavy atom. The van der Waals surface area contributed by atoms with E-state index in [-0.39, 0.29) is 1.43 Å². The highest BCUT2D eigenvalue weighted by Crippen LogP contribution is 2.54. The standard InChI is InChI=1S/2C23H27NO3.H2/c2*1-10-11(2)15(6)21-18(12(10)3)17-13(4)14(5)20-19(16(17)9-26-21)23(7,8)27-22(25)24-20;/h2*9H2,1-8H3,(H,24,25);1H/i;;1+1. The third-order valence-corrected chi connectivity index (χ3v) is 13.2. The molecule has 54 heavy (non-hydrogen) atoms. The predicted octanol–water partition coefficient (Wildman–Crippen LogP) is 12.0. The second kappa shape index (κ2) is 12.3. The quantitative estimate of drug-likeness (QED) is 0.187. The van der Waals surface area contributed by atoms with Crippen LogP contribution in [0, 0.1) is 83.1 Å². The Morgan fingerprint density at radius 3 is 1.06 bits per heavy atom. The summed E-state index contributed by atoms with van der Waals surface area (Å²) in [5, 5.41) is 5.86. The third-order valence-electron chi connectivity index (χ3n) is 13.2. The van der Waals surface area contributed by atoms with Crippen LogP contribution in [0.3, 0.4) is 0 Å². The summed E-state index contributed by atoms with van der Waals surface area (Å²) >= 11 is 0. The Kier molecular flexibility index (Phi) is 8.48. The first-order valence-corrected chi connectivity index (χ1v) is 18.9. The lowest BCUT2D eigenvalue weighted by atomic mass is 9.77. The zero-order chi connectivity index (χ0) is 39.7. The first-order valence-electron chi connectivity index (χ1n) is 18.9. The maximum atomic E-state index is 12.1. The van der Waals surface area contributed by atoms with E-state index in [4.69, 9.17) is 18.9 Å². The monoisotopic (exact) mass is 733 g/mol. The lowest BCUT2D eigenvalue weighted by molar-refractivity contribution is 0.0395. The molecule has 2 amide bonds. The summed E-state index contributed by atoms with van der Waals surface area (Å²) in [4.78, 5) is 24.2. The molecule has 2 N–H and O–H groups in total. The molecule has 4 aliphatic rings. The summed E-state index contributed by atoms with van der Waals surface area (Å²) in [6.07, 6.45) is -0.795. The largest absolute Gasteiger partial charge is 0.488 e. The van der Waals surface area contributed by atoms with Gasteiger partial charge in [0.2, 0.25) is 0 Å². The van der Waals surface area contributed by atoms with Gasteiger partial charge in [-0.1, -0.05) is 0 Å². The van der Waals surface area contributed by atoms with Crippen molar-refractivity contribution in [2.45, 2.75) is 135 Å². The highest BCUT2D eigenvalue weighted by atomic mass is 16.6. The van der Waals surface area contributed by atoms with Gasteiger partial charge in [-0.15, -0.1) is 0 Å². The van der Waals surface area contributed by atoms with E-state index in [1.54, 1.807) is 0 Å². The Hall–Kier alpha value is -4.98. The van der Waals surface area contributed by atoms with Gasteiger partial charge in [0.15, 0.2) is 0 Å². The van der Waals surface area contributed by atoms with Gasteiger partial charge in [0.1, 0.15) is 35.9 Å². The molecule has 0 aromatic heterocycles. The number of carbonyl (C=O) groups is 2. The molecule has 286 valence electrons. The molecule has 0 unspecified atom stereocenters. The average Bonchev–Trinajstić information content (AvgIpc) is 3.10. The number of fused-ring (bicyclic) bond motifs is 10. The maximum absolute atomic E-state index is 12.1. The zero-order valence-corrected chi connectivity index (χ0v) is 34.9. The van der Waals surface area contributed by atoms with E-state index in [1.165, 1.54) is 77.9 Å². The number of carbonyl (C=O) groups excluding carboxylic acids is 2. The number of hydrogen-bond donors (Lipinski definition) is 2. The van der Waals surface area contributed by atoms with Gasteiger partial charge in [-0.3, -0.25) is 10.6 Å². The first-order chi connectivity index (χ1) is 25.1. The maximum Gasteiger partial charge on any atom is 0.412 e. The molecule has 4 aromatic rings. The molecule has 0 fully saturated rings. The van der Waals surface area contributed by atoms with Crippen LogP contribution in [0.5, 0.6) is 11.5 Å². The number of cyclic esters (lactones) is 2. The van der Waals surface area contributed by atoms with Gasteiger partial charge < -0.3 is 18.9 Å². The van der Waals surface area contributed by atoms with E-state index < -0.39 is 23.4 Å². The summed E-state index contributed by atoms with van der Waals surface area (Å²) in [7, 11) is 0. The molecule has 4 aliphatic heterocycles. The normalized spacial score (nSPS) is 16.5. The SMILES string of the molecule is Cc1c(C)c(C)c2c(c1C)OCc1c-2c(C)c(C)c2c1C(C)(C)OC(=O)N2.Cc1c(C)c(C)c2c(c1C)OCc1c-2c(C)c(C)c2c1C(C)(C)OC(=O)N2.[2HH]. The van der Waals surface area contributed by atoms with Gasteiger partial charge in [-0.25, -0.2) is 9.59 Å². The molecule has 8 heteroatoms. The van der Waals surface area contributed by atoms with Crippen LogP contribution in [0.4, 0.5) is 21.0 Å². The summed E-state index contributed by atoms with van der Waals surface area (Å²) in [6.45, 7) is 34.5. The molecule has 4 heterocycles. The lowest BCUT2D eigenvalue weighted by Crippen LogP contribution is -2.37. The Labute approximate surface area is 321 Å². The molecular formula is C46H56N2O6. The molecule has 4 aromatic carbocycles. The summed E-state index contributed by atoms with van der Waals surface area (Å²) in [6, 6.07) is 0. The van der Waals surface area contributed by atoms with Gasteiger partial charge in [0.25, 0.3) is 0 Å². The van der Waals surface area contributed by atoms with Gasteiger partial charge in [-0.2, -0.15) is 0 Å². The molecule has 0 spiro atoms. The van der Waals surface area contributed by atoms with Crippen molar-refractivity contribution in [2.75, 3.05) is 10.6 Å². The minimum atomic E-state index is -0.705. The van der Waals surface area contributed by atoms with E-state index in [2.05, 4.69) is 93.7 Å². The lowest BCUT2D eigenvalue weighted by Gasteiger charge is -2.39. The molecule has 8 nitrogen and oxygen atoms in total. The molecule has 0 radical (unpaired) electrons. The van der Waals surface area contributed by atoms with Gasteiger partial charge in [0.05, 0.1) is 11.4 Å². The summed E-state index contributed by atoms with van der Waals surface area (Å²) in [5.41, 5.74) is 24.2. The highest BCUT2D eigenvalue weighted by molar-refractivity contribution is 5.96. The van der Waals surface area contributed by atoms with Gasteiger partial charge in [0, 0.05) is 34.8 Å². The van der Waals surface area contributed by atoms with E-state index in [0.717, 1.165) is 56.3 Å². The predicted molar refractivity (Wildman–Crippen MR) is 218 cm³/mol. The number of benzene rings is 4. The molecule has 0 saturated carbocycles. The van der Waals surface area contributed by atoms with Crippen LogP contribution < -0.4 is 20.1 Å². The van der Waals surface area contributed by atoms with Crippen molar-refractivity contribution in [3.63, 3.8) is 0 Å². The van der Waals surface area contributed by atoms with E-state index in [0.29, 0.717) is 13.2 Å². The van der Waals surface area contributed by atoms with Crippen LogP contribution >= 0.6 is 0 Å². The van der Waals surface area contributed by atoms with Crippen LogP contribution in [-0.2, 0) is 33.9 Å². The average molecular weight is 734 g/mol. The van der Waals surface area contributed by atoms with Crippen molar-refractivity contribution in [3.05, 3.63) is 89.0 Å². The van der Waals surface area contributed by atoms with Crippen LogP contribution in [-0.4, -0.2) is 12.2 Å². The summed E-state index contributed by atoms with van der Waals surface area (Å²) < 4.78 is 23.9. The fourth-order valence-corrected chi connectivity index (χ4v) is 9.36. The fourth-order valence-electron chi connectivity index (χ4n) is 9.36. The molecule has 8 rings (SSSR count). The molecular weight excluding hydrogens is 677 g/mol. The Balaban J connectivity index is 0.000000184. The molecule has 0 aliphatic carbocycles. The Bertz CT molecular complexity index is 2240. The number of rotatable bonds is 0. The number of amides is 2. The molecule has 0 atom stereocenters. The van der Waals surface area contributed by atoms with Gasteiger partial charge in [-0.05, 0) is 189 Å². The first kappa shape index (κ1) is 37.3. The van der Waals surface area contributed by atoms with Crippen molar-refractivity contribution >= 4 is 23.6 Å². The van der Waals surface area contributed by atoms with Crippen molar-refractivity contribution in [1.82, 2.24) is 0 Å². The van der Waals surface area contributed by atoms with E-state index in [1.807, 2.05) is 27.7 Å². The van der Waals surface area contributed by atoms with Crippen molar-refractivity contribution in [1.29, 1.82) is 0 Å². The van der Waals surface area contributed by atoms with Crippen molar-refractivity contribution < 1.29 is 30.0 Å². The molecule has 0 bridgehead atoms. The highest BCUT2D eigenvalue weighted by Gasteiger charge is 2.42. The number of hydrogen-bond acceptors (Lipinski definition) is 6. The zero-order valence-electron chi connectivity index (χ0n) is 34.9. The van der Waals surface area contributed by atoms with Crippen LogP contribution in [0.15, 0.2) is 0 Å². The van der Waals surface area contributed by atoms with Crippen LogP contribution in [0.2, 0.25) is 0 Å². The number of anilines is 2. The second-order valence-corrected chi connectivity index (χ2v) is 16.7. The fraction of sp³-hybridized carbons (Fsp3) is 0.435. The van der Waals surface area contributed by atoms with Crippen LogP contribution in [0.25, 0.3) is 22.3 Å². The van der Waals surface area contributed by atoms with Crippen molar-refractivity contribution in [3.8, 4) is 33.8 Å². The molecule has 0 saturated heterocycles. The summed E-state index contributed by atoms with van der Waals surface area (Å²) in [5.74, 6) is 1.98. The van der Waals surface area contributed by atoms with E-state index >= 15 is 0 Å². The smallest absolute Gasteiger partial charge is 0.412 e. The van der Waals surface area contributed by atoms with Gasteiger partial charge >= 0.3 is 12.2 Å². The third kappa shape index (κ3) is 5.15. The topological polar surface area (TPSA) is 95.1 Å².